The standard InChI is InChI=1S/C63H42N2O2/c1-64(50-17-11-16-45(37-50)41-12-3-2-4-13-41)59-35-27-46(39-58(59)48-25-32-53-47(36-48)26-33-57-55-19-8-10-21-61(55)67-63(53)57)43-22-28-49(29-23-43)65(51-30-24-42-14-5-6-15-44(42)38-51)52-31-34-56-54-18-7-9-20-60(54)66-62(56)40-52/h2-40H,1H3. The molecule has 0 aliphatic heterocycles. The molecule has 0 unspecified atom stereocenters. The molecule has 0 saturated heterocycles. The van der Waals surface area contributed by atoms with E-state index < -0.39 is 0 Å². The number of benzene rings is 11. The van der Waals surface area contributed by atoms with Gasteiger partial charge in [0.05, 0.1) is 0 Å². The topological polar surface area (TPSA) is 32.8 Å². The summed E-state index contributed by atoms with van der Waals surface area (Å²) in [5, 5.41) is 9.12. The quantitative estimate of drug-likeness (QED) is 0.152. The van der Waals surface area contributed by atoms with Crippen LogP contribution in [0.4, 0.5) is 28.4 Å². The van der Waals surface area contributed by atoms with Crippen LogP contribution in [0.25, 0.3) is 98.8 Å². The molecule has 4 heteroatoms. The second-order valence-electron chi connectivity index (χ2n) is 17.4. The Bertz CT molecular complexity index is 4010. The highest BCUT2D eigenvalue weighted by Gasteiger charge is 2.19. The minimum Gasteiger partial charge on any atom is -0.456 e. The van der Waals surface area contributed by atoms with Crippen molar-refractivity contribution in [2.24, 2.45) is 0 Å². The van der Waals surface area contributed by atoms with E-state index in [9.17, 15) is 0 Å². The number of hydrogen-bond acceptors (Lipinski definition) is 4. The first-order chi connectivity index (χ1) is 33.1. The number of para-hydroxylation sites is 2. The second kappa shape index (κ2) is 15.7. The van der Waals surface area contributed by atoms with Gasteiger partial charge in [0.2, 0.25) is 0 Å². The third-order valence-electron chi connectivity index (χ3n) is 13.4. The first-order valence-electron chi connectivity index (χ1n) is 22.8. The van der Waals surface area contributed by atoms with Crippen molar-refractivity contribution >= 4 is 93.9 Å². The number of nitrogens with zero attached hydrogens (tertiary/aromatic N) is 2. The fourth-order valence-electron chi connectivity index (χ4n) is 10.0. The summed E-state index contributed by atoms with van der Waals surface area (Å²) < 4.78 is 12.9. The third kappa shape index (κ3) is 6.69. The summed E-state index contributed by atoms with van der Waals surface area (Å²) in [6.45, 7) is 0. The maximum Gasteiger partial charge on any atom is 0.143 e. The van der Waals surface area contributed by atoms with E-state index in [-0.39, 0.29) is 0 Å². The molecule has 2 heterocycles. The van der Waals surface area contributed by atoms with Crippen LogP contribution in [0, 0.1) is 0 Å². The molecular weight excluding hydrogens is 817 g/mol. The smallest absolute Gasteiger partial charge is 0.143 e. The molecule has 0 fully saturated rings. The predicted molar refractivity (Wildman–Crippen MR) is 282 cm³/mol. The predicted octanol–water partition coefficient (Wildman–Crippen LogP) is 18.0. The van der Waals surface area contributed by atoms with Crippen LogP contribution < -0.4 is 9.80 Å². The molecule has 2 aromatic heterocycles. The maximum absolute atomic E-state index is 6.47. The normalized spacial score (nSPS) is 11.7. The third-order valence-corrected chi connectivity index (χ3v) is 13.4. The minimum absolute atomic E-state index is 0.862. The fourth-order valence-corrected chi connectivity index (χ4v) is 10.0. The molecule has 0 saturated carbocycles. The number of hydrogen-bond donors (Lipinski definition) is 0. The first kappa shape index (κ1) is 38.6. The van der Waals surface area contributed by atoms with Crippen molar-refractivity contribution in [3.8, 4) is 33.4 Å². The van der Waals surface area contributed by atoms with Gasteiger partial charge >= 0.3 is 0 Å². The molecule has 0 atom stereocenters. The Balaban J connectivity index is 0.926. The molecule has 13 rings (SSSR count). The Morgan fingerprint density at radius 2 is 0.881 bits per heavy atom. The van der Waals surface area contributed by atoms with E-state index in [1.807, 2.05) is 24.3 Å². The van der Waals surface area contributed by atoms with Crippen molar-refractivity contribution < 1.29 is 8.83 Å². The molecule has 0 aliphatic rings. The zero-order valence-corrected chi connectivity index (χ0v) is 36.7. The van der Waals surface area contributed by atoms with E-state index in [0.717, 1.165) is 105 Å². The van der Waals surface area contributed by atoms with Crippen molar-refractivity contribution in [3.05, 3.63) is 237 Å². The summed E-state index contributed by atoms with van der Waals surface area (Å²) >= 11 is 0. The molecule has 0 N–H and O–H groups in total. The molecular formula is C63H42N2O2. The highest BCUT2D eigenvalue weighted by atomic mass is 16.3. The number of anilines is 5. The lowest BCUT2D eigenvalue weighted by atomic mass is 9.94. The van der Waals surface area contributed by atoms with Crippen LogP contribution in [0.15, 0.2) is 245 Å². The maximum atomic E-state index is 6.47. The number of furan rings is 2. The Kier molecular flexibility index (Phi) is 9.04. The van der Waals surface area contributed by atoms with Crippen LogP contribution in [0.1, 0.15) is 0 Å². The van der Waals surface area contributed by atoms with Gasteiger partial charge in [-0.25, -0.2) is 0 Å². The van der Waals surface area contributed by atoms with Crippen molar-refractivity contribution in [2.45, 2.75) is 0 Å². The number of fused-ring (bicyclic) bond motifs is 9. The zero-order chi connectivity index (χ0) is 44.4. The van der Waals surface area contributed by atoms with Gasteiger partial charge in [0.25, 0.3) is 0 Å². The van der Waals surface area contributed by atoms with Gasteiger partial charge in [-0.3, -0.25) is 0 Å². The molecule has 0 spiro atoms. The van der Waals surface area contributed by atoms with Crippen LogP contribution in [0.3, 0.4) is 0 Å². The summed E-state index contributed by atoms with van der Waals surface area (Å²) in [6.07, 6.45) is 0. The number of rotatable bonds is 8. The van der Waals surface area contributed by atoms with Gasteiger partial charge in [-0.2, -0.15) is 0 Å². The van der Waals surface area contributed by atoms with Crippen LogP contribution in [0.2, 0.25) is 0 Å². The van der Waals surface area contributed by atoms with Crippen molar-refractivity contribution in [1.82, 2.24) is 0 Å². The van der Waals surface area contributed by atoms with Gasteiger partial charge in [0.15, 0.2) is 0 Å². The summed E-state index contributed by atoms with van der Waals surface area (Å²) in [5.74, 6) is 0. The molecule has 13 aromatic rings. The van der Waals surface area contributed by atoms with E-state index in [2.05, 4.69) is 229 Å². The van der Waals surface area contributed by atoms with Crippen molar-refractivity contribution in [3.63, 3.8) is 0 Å². The molecule has 316 valence electrons. The van der Waals surface area contributed by atoms with Crippen LogP contribution in [0.5, 0.6) is 0 Å². The minimum atomic E-state index is 0.862. The average molecular weight is 859 g/mol. The van der Waals surface area contributed by atoms with Crippen LogP contribution in [-0.4, -0.2) is 7.05 Å². The van der Waals surface area contributed by atoms with Crippen LogP contribution in [-0.2, 0) is 0 Å². The largest absolute Gasteiger partial charge is 0.456 e. The van der Waals surface area contributed by atoms with E-state index in [1.54, 1.807) is 0 Å². The summed E-state index contributed by atoms with van der Waals surface area (Å²) in [6, 6.07) is 84.7. The van der Waals surface area contributed by atoms with Gasteiger partial charge in [0.1, 0.15) is 22.3 Å². The summed E-state index contributed by atoms with van der Waals surface area (Å²) in [7, 11) is 2.17. The SMILES string of the molecule is CN(c1cccc(-c2ccccc2)c1)c1ccc(-c2ccc(N(c3ccc4ccccc4c3)c3ccc4c(c3)oc3ccccc34)cc2)cc1-c1ccc2c(ccc3c4ccccc4oc23)c1. The molecule has 0 aliphatic carbocycles. The highest BCUT2D eigenvalue weighted by Crippen LogP contribution is 2.43. The lowest BCUT2D eigenvalue weighted by Gasteiger charge is -2.26. The van der Waals surface area contributed by atoms with E-state index in [1.165, 1.54) is 21.9 Å². The Morgan fingerprint density at radius 1 is 0.299 bits per heavy atom. The molecule has 0 bridgehead atoms. The molecule has 11 aromatic carbocycles. The van der Waals surface area contributed by atoms with E-state index >= 15 is 0 Å². The zero-order valence-electron chi connectivity index (χ0n) is 36.7. The van der Waals surface area contributed by atoms with Gasteiger partial charge in [-0.05, 0) is 135 Å². The molecule has 67 heavy (non-hydrogen) atoms. The van der Waals surface area contributed by atoms with Gasteiger partial charge in [-0.1, -0.05) is 140 Å². The van der Waals surface area contributed by atoms with Crippen molar-refractivity contribution in [1.29, 1.82) is 0 Å². The second-order valence-corrected chi connectivity index (χ2v) is 17.4. The molecule has 0 radical (unpaired) electrons. The Hall–Kier alpha value is -8.86. The fraction of sp³-hybridized carbons (Fsp3) is 0.0159. The van der Waals surface area contributed by atoms with E-state index in [0.29, 0.717) is 0 Å². The Morgan fingerprint density at radius 3 is 1.73 bits per heavy atom. The highest BCUT2D eigenvalue weighted by molar-refractivity contribution is 6.15. The van der Waals surface area contributed by atoms with Gasteiger partial charge < -0.3 is 18.6 Å². The lowest BCUT2D eigenvalue weighted by Crippen LogP contribution is -2.11. The monoisotopic (exact) mass is 858 g/mol. The Labute approximate surface area is 387 Å². The lowest BCUT2D eigenvalue weighted by molar-refractivity contribution is 0.669. The van der Waals surface area contributed by atoms with Gasteiger partial charge in [-0.15, -0.1) is 0 Å². The first-order valence-corrected chi connectivity index (χ1v) is 22.8. The van der Waals surface area contributed by atoms with Crippen LogP contribution >= 0.6 is 0 Å². The summed E-state index contributed by atoms with van der Waals surface area (Å²) in [4.78, 5) is 4.63. The van der Waals surface area contributed by atoms with Crippen molar-refractivity contribution in [2.75, 3.05) is 16.8 Å². The molecule has 4 nitrogen and oxygen atoms in total. The van der Waals surface area contributed by atoms with E-state index in [4.69, 9.17) is 8.83 Å². The van der Waals surface area contributed by atoms with Gasteiger partial charge in [0, 0.05) is 74.0 Å². The average Bonchev–Trinajstić information content (AvgIpc) is 3.97. The molecule has 0 amide bonds. The summed E-state index contributed by atoms with van der Waals surface area (Å²) in [5.41, 5.74) is 15.8.